The van der Waals surface area contributed by atoms with Gasteiger partial charge < -0.3 is 14.2 Å². The minimum absolute atomic E-state index is 0.0122. The Bertz CT molecular complexity index is 1240. The van der Waals surface area contributed by atoms with Crippen LogP contribution >= 0.6 is 0 Å². The molecule has 0 aromatic heterocycles. The van der Waals surface area contributed by atoms with E-state index in [0.29, 0.717) is 36.3 Å². The van der Waals surface area contributed by atoms with Crippen molar-refractivity contribution in [2.24, 2.45) is 5.92 Å². The van der Waals surface area contributed by atoms with Gasteiger partial charge in [-0.1, -0.05) is 37.6 Å². The summed E-state index contributed by atoms with van der Waals surface area (Å²) in [5, 5.41) is 0. The van der Waals surface area contributed by atoms with Gasteiger partial charge in [0.25, 0.3) is 0 Å². The maximum Gasteiger partial charge on any atom is 0.432 e. The average molecular weight is 525 g/mol. The number of hydrogen-bond donors (Lipinski definition) is 0. The fourth-order valence-corrected chi connectivity index (χ4v) is 4.28. The minimum Gasteiger partial charge on any atom is -0.428 e. The van der Waals surface area contributed by atoms with Gasteiger partial charge in [0.05, 0.1) is 13.2 Å². The standard InChI is InChI=1S/C28H26F6O3/c1-4-5-17-13-35-27(36-14-17)19-8-6-18(7-9-19)20-10-22(30)25(23(31)11-20)28(33,34)37-24-12-21(29)15(2)26(32)16(24)3/h6-12,17,27H,4-5,13-14H2,1-3H3. The first-order valence-corrected chi connectivity index (χ1v) is 11.9. The van der Waals surface area contributed by atoms with Crippen molar-refractivity contribution in [1.29, 1.82) is 0 Å². The van der Waals surface area contributed by atoms with Gasteiger partial charge in [-0.3, -0.25) is 0 Å². The first-order chi connectivity index (χ1) is 17.5. The third kappa shape index (κ3) is 5.62. The van der Waals surface area contributed by atoms with Crippen LogP contribution in [0.5, 0.6) is 5.75 Å². The van der Waals surface area contributed by atoms with Gasteiger partial charge in [0.15, 0.2) is 6.29 Å². The van der Waals surface area contributed by atoms with Crippen LogP contribution in [-0.4, -0.2) is 13.2 Å². The van der Waals surface area contributed by atoms with E-state index in [4.69, 9.17) is 9.47 Å². The molecule has 0 radical (unpaired) electrons. The van der Waals surface area contributed by atoms with Crippen LogP contribution in [-0.2, 0) is 15.6 Å². The second-order valence-electron chi connectivity index (χ2n) is 9.13. The van der Waals surface area contributed by atoms with Crippen LogP contribution in [0, 0.1) is 43.0 Å². The van der Waals surface area contributed by atoms with E-state index in [1.807, 2.05) is 0 Å². The highest BCUT2D eigenvalue weighted by atomic mass is 19.3. The Labute approximate surface area is 211 Å². The maximum absolute atomic E-state index is 14.8. The summed E-state index contributed by atoms with van der Waals surface area (Å²) >= 11 is 0. The highest BCUT2D eigenvalue weighted by molar-refractivity contribution is 5.64. The highest BCUT2D eigenvalue weighted by Gasteiger charge is 2.42. The summed E-state index contributed by atoms with van der Waals surface area (Å²) in [4.78, 5) is 0. The molecule has 3 nitrogen and oxygen atoms in total. The predicted molar refractivity (Wildman–Crippen MR) is 125 cm³/mol. The van der Waals surface area contributed by atoms with Gasteiger partial charge in [-0.2, -0.15) is 8.78 Å². The molecule has 0 amide bonds. The molecular weight excluding hydrogens is 498 g/mol. The number of hydrogen-bond acceptors (Lipinski definition) is 3. The Morgan fingerprint density at radius 1 is 0.838 bits per heavy atom. The smallest absolute Gasteiger partial charge is 0.428 e. The van der Waals surface area contributed by atoms with Gasteiger partial charge in [0.2, 0.25) is 0 Å². The lowest BCUT2D eigenvalue weighted by molar-refractivity contribution is -0.206. The van der Waals surface area contributed by atoms with Crippen LogP contribution in [0.1, 0.15) is 48.3 Å². The summed E-state index contributed by atoms with van der Waals surface area (Å²) in [5.74, 6) is -5.89. The van der Waals surface area contributed by atoms with Crippen LogP contribution in [0.15, 0.2) is 42.5 Å². The molecule has 0 unspecified atom stereocenters. The number of alkyl halides is 2. The van der Waals surface area contributed by atoms with Crippen molar-refractivity contribution in [1.82, 2.24) is 0 Å². The maximum atomic E-state index is 14.8. The SMILES string of the molecule is CCCC1COC(c2ccc(-c3cc(F)c(C(F)(F)Oc4cc(F)c(C)c(F)c4C)c(F)c3)cc2)OC1. The van der Waals surface area contributed by atoms with Crippen molar-refractivity contribution >= 4 is 0 Å². The normalized spacial score (nSPS) is 18.2. The molecule has 1 heterocycles. The zero-order chi connectivity index (χ0) is 26.9. The summed E-state index contributed by atoms with van der Waals surface area (Å²) < 4.78 is 103. The largest absolute Gasteiger partial charge is 0.432 e. The first-order valence-electron chi connectivity index (χ1n) is 11.9. The van der Waals surface area contributed by atoms with E-state index in [2.05, 4.69) is 11.7 Å². The molecule has 0 N–H and O–H groups in total. The van der Waals surface area contributed by atoms with E-state index in [1.54, 1.807) is 24.3 Å². The third-order valence-electron chi connectivity index (χ3n) is 6.40. The molecule has 9 heteroatoms. The Kier molecular flexibility index (Phi) is 7.85. The summed E-state index contributed by atoms with van der Waals surface area (Å²) in [7, 11) is 0. The van der Waals surface area contributed by atoms with E-state index < -0.39 is 52.5 Å². The van der Waals surface area contributed by atoms with Crippen molar-refractivity contribution in [2.75, 3.05) is 13.2 Å². The summed E-state index contributed by atoms with van der Waals surface area (Å²) in [5.41, 5.74) is -1.37. The lowest BCUT2D eigenvalue weighted by Gasteiger charge is -2.29. The van der Waals surface area contributed by atoms with Gasteiger partial charge in [0.1, 0.15) is 34.6 Å². The molecule has 0 atom stereocenters. The third-order valence-corrected chi connectivity index (χ3v) is 6.40. The molecule has 4 rings (SSSR count). The van der Waals surface area contributed by atoms with Gasteiger partial charge in [-0.05, 0) is 43.5 Å². The Morgan fingerprint density at radius 3 is 2.00 bits per heavy atom. The van der Waals surface area contributed by atoms with Crippen molar-refractivity contribution < 1.29 is 40.6 Å². The van der Waals surface area contributed by atoms with Crippen LogP contribution in [0.2, 0.25) is 0 Å². The topological polar surface area (TPSA) is 27.7 Å². The number of rotatable bonds is 7. The van der Waals surface area contributed by atoms with Crippen molar-refractivity contribution in [3.63, 3.8) is 0 Å². The van der Waals surface area contributed by atoms with E-state index in [-0.39, 0.29) is 11.1 Å². The number of benzene rings is 3. The Morgan fingerprint density at radius 2 is 1.43 bits per heavy atom. The monoisotopic (exact) mass is 524 g/mol. The summed E-state index contributed by atoms with van der Waals surface area (Å²) in [6, 6.07) is 8.54. The molecule has 0 bridgehead atoms. The van der Waals surface area contributed by atoms with Gasteiger partial charge in [0, 0.05) is 28.7 Å². The lowest BCUT2D eigenvalue weighted by atomic mass is 10.0. The van der Waals surface area contributed by atoms with E-state index >= 15 is 0 Å². The fourth-order valence-electron chi connectivity index (χ4n) is 4.28. The van der Waals surface area contributed by atoms with Crippen LogP contribution < -0.4 is 4.74 Å². The van der Waals surface area contributed by atoms with Gasteiger partial charge in [-0.25, -0.2) is 17.6 Å². The van der Waals surface area contributed by atoms with Crippen LogP contribution in [0.3, 0.4) is 0 Å². The zero-order valence-corrected chi connectivity index (χ0v) is 20.5. The Hall–Kier alpha value is -3.04. The molecule has 0 spiro atoms. The molecule has 0 saturated carbocycles. The van der Waals surface area contributed by atoms with Crippen LogP contribution in [0.25, 0.3) is 11.1 Å². The quantitative estimate of drug-likeness (QED) is 0.292. The number of ether oxygens (including phenoxy) is 3. The van der Waals surface area contributed by atoms with Crippen molar-refractivity contribution in [3.8, 4) is 16.9 Å². The molecular formula is C28H26F6O3. The molecule has 198 valence electrons. The number of halogens is 6. The highest BCUT2D eigenvalue weighted by Crippen LogP contribution is 2.39. The predicted octanol–water partition coefficient (Wildman–Crippen LogP) is 8.12. The first kappa shape index (κ1) is 27.0. The molecule has 1 aliphatic rings. The molecule has 37 heavy (non-hydrogen) atoms. The second-order valence-corrected chi connectivity index (χ2v) is 9.13. The average Bonchev–Trinajstić information content (AvgIpc) is 2.86. The molecule has 3 aromatic carbocycles. The van der Waals surface area contributed by atoms with E-state index in [1.165, 1.54) is 0 Å². The van der Waals surface area contributed by atoms with Crippen molar-refractivity contribution in [2.45, 2.75) is 46.0 Å². The van der Waals surface area contributed by atoms with E-state index in [0.717, 1.165) is 38.8 Å². The molecule has 0 aliphatic carbocycles. The lowest BCUT2D eigenvalue weighted by Crippen LogP contribution is -2.26. The van der Waals surface area contributed by atoms with Crippen LogP contribution in [0.4, 0.5) is 26.3 Å². The fraction of sp³-hybridized carbons (Fsp3) is 0.357. The zero-order valence-electron chi connectivity index (χ0n) is 20.5. The van der Waals surface area contributed by atoms with Gasteiger partial charge in [-0.15, -0.1) is 0 Å². The molecule has 1 aliphatic heterocycles. The molecule has 1 saturated heterocycles. The molecule has 1 fully saturated rings. The summed E-state index contributed by atoms with van der Waals surface area (Å²) in [6.45, 7) is 5.44. The second kappa shape index (κ2) is 10.8. The van der Waals surface area contributed by atoms with E-state index in [9.17, 15) is 26.3 Å². The minimum atomic E-state index is -4.54. The Balaban J connectivity index is 1.55. The van der Waals surface area contributed by atoms with Gasteiger partial charge >= 0.3 is 6.11 Å². The van der Waals surface area contributed by atoms with Crippen molar-refractivity contribution in [3.05, 3.63) is 88.0 Å². The summed E-state index contributed by atoms with van der Waals surface area (Å²) in [6.07, 6.45) is -3.07. The molecule has 3 aromatic rings.